The average molecular weight is 171 g/mol. The number of ether oxygens (including phenoxy) is 1. The van der Waals surface area contributed by atoms with E-state index in [2.05, 4.69) is 32.7 Å². The molecule has 0 bridgehead atoms. The van der Waals surface area contributed by atoms with Crippen molar-refractivity contribution in [2.24, 2.45) is 11.8 Å². The van der Waals surface area contributed by atoms with Gasteiger partial charge < -0.3 is 4.74 Å². The van der Waals surface area contributed by atoms with Crippen LogP contribution in [0.5, 0.6) is 0 Å². The number of hydrogen-bond donors (Lipinski definition) is 0. The van der Waals surface area contributed by atoms with E-state index in [1.54, 1.807) is 0 Å². The summed E-state index contributed by atoms with van der Waals surface area (Å²) >= 11 is 0. The van der Waals surface area contributed by atoms with Crippen molar-refractivity contribution in [3.05, 3.63) is 0 Å². The zero-order chi connectivity index (χ0) is 9.14. The van der Waals surface area contributed by atoms with Crippen molar-refractivity contribution >= 4 is 0 Å². The van der Waals surface area contributed by atoms with Crippen LogP contribution >= 0.6 is 0 Å². The Bertz CT molecular complexity index is 138. The predicted octanol–water partition coefficient (Wildman–Crippen LogP) is 1.96. The molecule has 0 N–H and O–H groups in total. The molecule has 1 aliphatic heterocycles. The first kappa shape index (κ1) is 10.0. The highest BCUT2D eigenvalue weighted by Crippen LogP contribution is 2.24. The highest BCUT2D eigenvalue weighted by Gasteiger charge is 2.29. The zero-order valence-electron chi connectivity index (χ0n) is 8.71. The molecular weight excluding hydrogens is 150 g/mol. The molecule has 1 fully saturated rings. The lowest BCUT2D eigenvalue weighted by atomic mass is 9.92. The molecule has 1 saturated heterocycles. The van der Waals surface area contributed by atoms with E-state index in [0.29, 0.717) is 12.1 Å². The number of hydrogen-bond acceptors (Lipinski definition) is 2. The molecule has 0 aliphatic carbocycles. The zero-order valence-corrected chi connectivity index (χ0v) is 8.71. The maximum Gasteiger partial charge on any atom is 0.113 e. The van der Waals surface area contributed by atoms with E-state index in [0.717, 1.165) is 19.1 Å². The molecule has 0 saturated carbocycles. The summed E-state index contributed by atoms with van der Waals surface area (Å²) in [5.74, 6) is 1.41. The normalized spacial score (nSPS) is 30.5. The second kappa shape index (κ2) is 4.24. The monoisotopic (exact) mass is 171 g/mol. The highest BCUT2D eigenvalue weighted by molar-refractivity contribution is 4.74. The summed E-state index contributed by atoms with van der Waals surface area (Å²) in [5.41, 5.74) is 0. The summed E-state index contributed by atoms with van der Waals surface area (Å²) in [5, 5.41) is 0. The van der Waals surface area contributed by atoms with E-state index in [1.165, 1.54) is 6.42 Å². The van der Waals surface area contributed by atoms with Crippen molar-refractivity contribution in [3.63, 3.8) is 0 Å². The second-order valence-corrected chi connectivity index (χ2v) is 3.99. The van der Waals surface area contributed by atoms with Crippen LogP contribution in [0.25, 0.3) is 0 Å². The summed E-state index contributed by atoms with van der Waals surface area (Å²) in [7, 11) is 2.15. The third-order valence-corrected chi connectivity index (χ3v) is 3.16. The van der Waals surface area contributed by atoms with Gasteiger partial charge in [-0.3, -0.25) is 4.90 Å². The Morgan fingerprint density at radius 3 is 2.58 bits per heavy atom. The van der Waals surface area contributed by atoms with E-state index in [-0.39, 0.29) is 0 Å². The first-order valence-electron chi connectivity index (χ1n) is 4.98. The molecule has 0 spiro atoms. The molecule has 72 valence electrons. The van der Waals surface area contributed by atoms with Crippen LogP contribution in [-0.4, -0.2) is 31.3 Å². The standard InChI is InChI=1S/C10H21NO/c1-5-8(2)9(3)10-11(4)6-7-12-10/h8-10H,5-7H2,1-4H3. The largest absolute Gasteiger partial charge is 0.362 e. The Kier molecular flexibility index (Phi) is 3.53. The molecule has 0 aromatic heterocycles. The fraction of sp³-hybridized carbons (Fsp3) is 1.00. The van der Waals surface area contributed by atoms with E-state index < -0.39 is 0 Å². The van der Waals surface area contributed by atoms with Gasteiger partial charge in [-0.2, -0.15) is 0 Å². The molecule has 2 heteroatoms. The van der Waals surface area contributed by atoms with Crippen LogP contribution in [0.2, 0.25) is 0 Å². The molecule has 1 aliphatic rings. The van der Waals surface area contributed by atoms with Crippen molar-refractivity contribution in [2.45, 2.75) is 33.4 Å². The third-order valence-electron chi connectivity index (χ3n) is 3.16. The molecule has 3 atom stereocenters. The minimum atomic E-state index is 0.361. The van der Waals surface area contributed by atoms with Gasteiger partial charge in [0.1, 0.15) is 6.23 Å². The fourth-order valence-electron chi connectivity index (χ4n) is 1.78. The van der Waals surface area contributed by atoms with Crippen LogP contribution in [0.1, 0.15) is 27.2 Å². The van der Waals surface area contributed by atoms with E-state index >= 15 is 0 Å². The maximum atomic E-state index is 5.68. The third kappa shape index (κ3) is 1.99. The predicted molar refractivity (Wildman–Crippen MR) is 51.0 cm³/mol. The lowest BCUT2D eigenvalue weighted by Gasteiger charge is -2.28. The van der Waals surface area contributed by atoms with Crippen LogP contribution in [0.4, 0.5) is 0 Å². The first-order valence-corrected chi connectivity index (χ1v) is 4.98. The van der Waals surface area contributed by atoms with Crippen molar-refractivity contribution in [3.8, 4) is 0 Å². The van der Waals surface area contributed by atoms with Crippen LogP contribution in [-0.2, 0) is 4.74 Å². The molecule has 1 rings (SSSR count). The number of rotatable bonds is 3. The molecule has 1 heterocycles. The van der Waals surface area contributed by atoms with Gasteiger partial charge in [0.2, 0.25) is 0 Å². The highest BCUT2D eigenvalue weighted by atomic mass is 16.5. The maximum absolute atomic E-state index is 5.68. The SMILES string of the molecule is CCC(C)C(C)C1OCCN1C. The molecule has 12 heavy (non-hydrogen) atoms. The molecule has 0 aromatic rings. The Morgan fingerprint density at radius 2 is 2.17 bits per heavy atom. The van der Waals surface area contributed by atoms with E-state index in [1.807, 2.05) is 0 Å². The average Bonchev–Trinajstić information content (AvgIpc) is 2.48. The van der Waals surface area contributed by atoms with Gasteiger partial charge in [-0.25, -0.2) is 0 Å². The molecule has 2 nitrogen and oxygen atoms in total. The van der Waals surface area contributed by atoms with Gasteiger partial charge in [0, 0.05) is 6.54 Å². The number of nitrogens with zero attached hydrogens (tertiary/aromatic N) is 1. The van der Waals surface area contributed by atoms with Gasteiger partial charge in [-0.1, -0.05) is 27.2 Å². The van der Waals surface area contributed by atoms with Crippen molar-refractivity contribution in [1.82, 2.24) is 4.90 Å². The molecule has 0 aromatic carbocycles. The Morgan fingerprint density at radius 1 is 1.50 bits per heavy atom. The molecule has 0 amide bonds. The Hall–Kier alpha value is -0.0800. The quantitative estimate of drug-likeness (QED) is 0.643. The van der Waals surface area contributed by atoms with Gasteiger partial charge in [-0.15, -0.1) is 0 Å². The number of likely N-dealkylation sites (N-methyl/N-ethyl adjacent to an activating group) is 1. The van der Waals surface area contributed by atoms with Crippen molar-refractivity contribution in [1.29, 1.82) is 0 Å². The van der Waals surface area contributed by atoms with Gasteiger partial charge in [0.15, 0.2) is 0 Å². The lowest BCUT2D eigenvalue weighted by molar-refractivity contribution is -0.0149. The van der Waals surface area contributed by atoms with Gasteiger partial charge >= 0.3 is 0 Å². The van der Waals surface area contributed by atoms with Crippen LogP contribution in [0.3, 0.4) is 0 Å². The Balaban J connectivity index is 2.45. The van der Waals surface area contributed by atoms with Crippen LogP contribution in [0, 0.1) is 11.8 Å². The fourth-order valence-corrected chi connectivity index (χ4v) is 1.78. The summed E-state index contributed by atoms with van der Waals surface area (Å²) < 4.78 is 5.68. The summed E-state index contributed by atoms with van der Waals surface area (Å²) in [6.45, 7) is 8.84. The lowest BCUT2D eigenvalue weighted by Crippen LogP contribution is -2.35. The Labute approximate surface area is 75.9 Å². The smallest absolute Gasteiger partial charge is 0.113 e. The van der Waals surface area contributed by atoms with Gasteiger partial charge in [0.25, 0.3) is 0 Å². The summed E-state index contributed by atoms with van der Waals surface area (Å²) in [6, 6.07) is 0. The summed E-state index contributed by atoms with van der Waals surface area (Å²) in [6.07, 6.45) is 1.61. The van der Waals surface area contributed by atoms with Gasteiger partial charge in [-0.05, 0) is 18.9 Å². The van der Waals surface area contributed by atoms with E-state index in [4.69, 9.17) is 4.74 Å². The molecular formula is C10H21NO. The topological polar surface area (TPSA) is 12.5 Å². The summed E-state index contributed by atoms with van der Waals surface area (Å²) in [4.78, 5) is 2.32. The molecule has 0 radical (unpaired) electrons. The first-order chi connectivity index (χ1) is 5.66. The molecule has 3 unspecified atom stereocenters. The van der Waals surface area contributed by atoms with Crippen LogP contribution in [0.15, 0.2) is 0 Å². The van der Waals surface area contributed by atoms with Crippen molar-refractivity contribution < 1.29 is 4.74 Å². The van der Waals surface area contributed by atoms with E-state index in [9.17, 15) is 0 Å². The minimum Gasteiger partial charge on any atom is -0.362 e. The minimum absolute atomic E-state index is 0.361. The second-order valence-electron chi connectivity index (χ2n) is 3.99. The van der Waals surface area contributed by atoms with Crippen LogP contribution < -0.4 is 0 Å². The van der Waals surface area contributed by atoms with Crippen molar-refractivity contribution in [2.75, 3.05) is 20.2 Å². The van der Waals surface area contributed by atoms with Gasteiger partial charge in [0.05, 0.1) is 6.61 Å².